The number of hydrogen-bond acceptors (Lipinski definition) is 2. The molecule has 1 unspecified atom stereocenters. The van der Waals surface area contributed by atoms with Gasteiger partial charge in [0.05, 0.1) is 0 Å². The third-order valence-corrected chi connectivity index (χ3v) is 3.42. The SMILES string of the molecule is CC(C)c1ccc(C(NC(=O)C2CC2)C(=O)O)cc1. The van der Waals surface area contributed by atoms with Crippen LogP contribution >= 0.6 is 0 Å². The van der Waals surface area contributed by atoms with Gasteiger partial charge in [-0.3, -0.25) is 4.79 Å². The van der Waals surface area contributed by atoms with Crippen molar-refractivity contribution >= 4 is 11.9 Å². The van der Waals surface area contributed by atoms with Gasteiger partial charge in [0.1, 0.15) is 0 Å². The summed E-state index contributed by atoms with van der Waals surface area (Å²) in [6.45, 7) is 4.16. The zero-order chi connectivity index (χ0) is 14.0. The van der Waals surface area contributed by atoms with Gasteiger partial charge in [0.2, 0.25) is 5.91 Å². The zero-order valence-electron chi connectivity index (χ0n) is 11.2. The number of aliphatic carboxylic acids is 1. The number of carboxylic acid groups (broad SMARTS) is 1. The first kappa shape index (κ1) is 13.6. The molecule has 1 saturated carbocycles. The number of rotatable bonds is 5. The predicted octanol–water partition coefficient (Wildman–Crippen LogP) is 2.46. The molecule has 0 bridgehead atoms. The second-order valence-corrected chi connectivity index (χ2v) is 5.38. The zero-order valence-corrected chi connectivity index (χ0v) is 11.2. The van der Waals surface area contributed by atoms with Crippen LogP contribution in [-0.2, 0) is 9.59 Å². The Morgan fingerprint density at radius 2 is 1.68 bits per heavy atom. The highest BCUT2D eigenvalue weighted by Gasteiger charge is 2.33. The summed E-state index contributed by atoms with van der Waals surface area (Å²) in [6.07, 6.45) is 1.73. The maximum absolute atomic E-state index is 11.7. The fourth-order valence-electron chi connectivity index (χ4n) is 1.97. The molecule has 4 heteroatoms. The van der Waals surface area contributed by atoms with E-state index in [4.69, 9.17) is 0 Å². The summed E-state index contributed by atoms with van der Waals surface area (Å²) in [6, 6.07) is 6.44. The molecule has 0 spiro atoms. The molecule has 2 rings (SSSR count). The van der Waals surface area contributed by atoms with Crippen LogP contribution in [0.4, 0.5) is 0 Å². The van der Waals surface area contributed by atoms with Crippen molar-refractivity contribution in [1.82, 2.24) is 5.32 Å². The molecular formula is C15H19NO3. The summed E-state index contributed by atoms with van der Waals surface area (Å²) in [5.74, 6) is -0.762. The van der Waals surface area contributed by atoms with Gasteiger partial charge in [-0.2, -0.15) is 0 Å². The van der Waals surface area contributed by atoms with Crippen molar-refractivity contribution in [3.8, 4) is 0 Å². The molecule has 1 aliphatic carbocycles. The molecular weight excluding hydrogens is 242 g/mol. The Morgan fingerprint density at radius 3 is 2.11 bits per heavy atom. The van der Waals surface area contributed by atoms with E-state index in [9.17, 15) is 14.7 Å². The summed E-state index contributed by atoms with van der Waals surface area (Å²) in [4.78, 5) is 23.0. The van der Waals surface area contributed by atoms with E-state index in [1.54, 1.807) is 12.1 Å². The lowest BCUT2D eigenvalue weighted by atomic mass is 9.99. The fourth-order valence-corrected chi connectivity index (χ4v) is 1.97. The van der Waals surface area contributed by atoms with Gasteiger partial charge in [-0.15, -0.1) is 0 Å². The highest BCUT2D eigenvalue weighted by molar-refractivity contribution is 5.87. The molecule has 1 aromatic rings. The number of benzene rings is 1. The average molecular weight is 261 g/mol. The molecule has 19 heavy (non-hydrogen) atoms. The normalized spacial score (nSPS) is 16.2. The summed E-state index contributed by atoms with van der Waals surface area (Å²) in [7, 11) is 0. The lowest BCUT2D eigenvalue weighted by molar-refractivity contribution is -0.142. The maximum Gasteiger partial charge on any atom is 0.330 e. The second kappa shape index (κ2) is 5.43. The Labute approximate surface area is 112 Å². The van der Waals surface area contributed by atoms with E-state index >= 15 is 0 Å². The van der Waals surface area contributed by atoms with Crippen LogP contribution in [0.25, 0.3) is 0 Å². The Bertz CT molecular complexity index is 475. The van der Waals surface area contributed by atoms with E-state index in [0.717, 1.165) is 18.4 Å². The van der Waals surface area contributed by atoms with Gasteiger partial charge in [-0.05, 0) is 29.9 Å². The smallest absolute Gasteiger partial charge is 0.330 e. The lowest BCUT2D eigenvalue weighted by Crippen LogP contribution is -2.34. The van der Waals surface area contributed by atoms with Gasteiger partial charge < -0.3 is 10.4 Å². The highest BCUT2D eigenvalue weighted by atomic mass is 16.4. The van der Waals surface area contributed by atoms with Crippen molar-refractivity contribution in [3.05, 3.63) is 35.4 Å². The molecule has 1 aliphatic rings. The molecule has 0 aliphatic heterocycles. The van der Waals surface area contributed by atoms with E-state index in [1.165, 1.54) is 0 Å². The van der Waals surface area contributed by atoms with Crippen LogP contribution in [0, 0.1) is 5.92 Å². The molecule has 1 aromatic carbocycles. The standard InChI is InChI=1S/C15H19NO3/c1-9(2)10-3-5-11(6-4-10)13(15(18)19)16-14(17)12-7-8-12/h3-6,9,12-13H,7-8H2,1-2H3,(H,16,17)(H,18,19). The summed E-state index contributed by atoms with van der Waals surface area (Å²) in [5, 5.41) is 11.8. The van der Waals surface area contributed by atoms with Gasteiger partial charge in [-0.1, -0.05) is 38.1 Å². The first-order chi connectivity index (χ1) is 8.99. The number of amides is 1. The van der Waals surface area contributed by atoms with Crippen LogP contribution in [-0.4, -0.2) is 17.0 Å². The Morgan fingerprint density at radius 1 is 1.16 bits per heavy atom. The fraction of sp³-hybridized carbons (Fsp3) is 0.467. The van der Waals surface area contributed by atoms with Gasteiger partial charge >= 0.3 is 5.97 Å². The van der Waals surface area contributed by atoms with Crippen molar-refractivity contribution in [2.24, 2.45) is 5.92 Å². The maximum atomic E-state index is 11.7. The molecule has 0 aromatic heterocycles. The monoisotopic (exact) mass is 261 g/mol. The highest BCUT2D eigenvalue weighted by Crippen LogP contribution is 2.30. The number of nitrogens with one attached hydrogen (secondary N) is 1. The third-order valence-electron chi connectivity index (χ3n) is 3.42. The van der Waals surface area contributed by atoms with Crippen LogP contribution in [0.3, 0.4) is 0 Å². The largest absolute Gasteiger partial charge is 0.479 e. The Balaban J connectivity index is 2.13. The molecule has 4 nitrogen and oxygen atoms in total. The molecule has 0 heterocycles. The quantitative estimate of drug-likeness (QED) is 0.855. The Hall–Kier alpha value is -1.84. The number of carbonyl (C=O) groups is 2. The summed E-state index contributed by atoms with van der Waals surface area (Å²) in [5.41, 5.74) is 1.77. The first-order valence-electron chi connectivity index (χ1n) is 6.62. The van der Waals surface area contributed by atoms with Crippen molar-refractivity contribution < 1.29 is 14.7 Å². The minimum atomic E-state index is -1.02. The van der Waals surface area contributed by atoms with E-state index in [1.807, 2.05) is 12.1 Å². The Kier molecular flexibility index (Phi) is 3.88. The number of carbonyl (C=O) groups excluding carboxylic acids is 1. The molecule has 0 saturated heterocycles. The molecule has 0 radical (unpaired) electrons. The molecule has 102 valence electrons. The summed E-state index contributed by atoms with van der Waals surface area (Å²) >= 11 is 0. The first-order valence-corrected chi connectivity index (χ1v) is 6.62. The van der Waals surface area contributed by atoms with Crippen LogP contribution in [0.2, 0.25) is 0 Å². The molecule has 1 atom stereocenters. The number of carboxylic acids is 1. The van der Waals surface area contributed by atoms with Crippen LogP contribution in [0.15, 0.2) is 24.3 Å². The van der Waals surface area contributed by atoms with Crippen LogP contribution in [0.1, 0.15) is 49.8 Å². The van der Waals surface area contributed by atoms with Gasteiger partial charge in [0.15, 0.2) is 6.04 Å². The molecule has 2 N–H and O–H groups in total. The number of hydrogen-bond donors (Lipinski definition) is 2. The van der Waals surface area contributed by atoms with E-state index in [-0.39, 0.29) is 11.8 Å². The predicted molar refractivity (Wildman–Crippen MR) is 71.8 cm³/mol. The van der Waals surface area contributed by atoms with E-state index in [0.29, 0.717) is 11.5 Å². The minimum Gasteiger partial charge on any atom is -0.479 e. The van der Waals surface area contributed by atoms with Crippen LogP contribution < -0.4 is 5.32 Å². The molecule has 1 amide bonds. The molecule has 1 fully saturated rings. The van der Waals surface area contributed by atoms with E-state index in [2.05, 4.69) is 19.2 Å². The lowest BCUT2D eigenvalue weighted by Gasteiger charge is -2.15. The van der Waals surface area contributed by atoms with Crippen LogP contribution in [0.5, 0.6) is 0 Å². The van der Waals surface area contributed by atoms with Gasteiger partial charge in [0.25, 0.3) is 0 Å². The second-order valence-electron chi connectivity index (χ2n) is 5.38. The third kappa shape index (κ3) is 3.34. The van der Waals surface area contributed by atoms with Crippen molar-refractivity contribution in [3.63, 3.8) is 0 Å². The summed E-state index contributed by atoms with van der Waals surface area (Å²) < 4.78 is 0. The topological polar surface area (TPSA) is 66.4 Å². The van der Waals surface area contributed by atoms with Crippen molar-refractivity contribution in [2.45, 2.75) is 38.6 Å². The van der Waals surface area contributed by atoms with Gasteiger partial charge in [0, 0.05) is 5.92 Å². The minimum absolute atomic E-state index is 0.0109. The van der Waals surface area contributed by atoms with E-state index < -0.39 is 12.0 Å². The van der Waals surface area contributed by atoms with Crippen molar-refractivity contribution in [2.75, 3.05) is 0 Å². The average Bonchev–Trinajstić information content (AvgIpc) is 3.19. The van der Waals surface area contributed by atoms with Crippen molar-refractivity contribution in [1.29, 1.82) is 0 Å². The van der Waals surface area contributed by atoms with Gasteiger partial charge in [-0.25, -0.2) is 4.79 Å².